The van der Waals surface area contributed by atoms with E-state index in [0.717, 1.165) is 12.8 Å². The Morgan fingerprint density at radius 1 is 1.50 bits per heavy atom. The highest BCUT2D eigenvalue weighted by Crippen LogP contribution is 2.34. The van der Waals surface area contributed by atoms with E-state index in [2.05, 4.69) is 10.6 Å². The van der Waals surface area contributed by atoms with Crippen LogP contribution in [0.1, 0.15) is 26.2 Å². The van der Waals surface area contributed by atoms with Crippen molar-refractivity contribution in [3.63, 3.8) is 0 Å². The molecule has 0 radical (unpaired) electrons. The number of hydrogen-bond acceptors (Lipinski definition) is 3. The first-order chi connectivity index (χ1) is 6.70. The van der Waals surface area contributed by atoms with Crippen molar-refractivity contribution < 1.29 is 9.53 Å². The van der Waals surface area contributed by atoms with E-state index in [9.17, 15) is 4.79 Å². The summed E-state index contributed by atoms with van der Waals surface area (Å²) in [5.74, 6) is 0.0775. The van der Waals surface area contributed by atoms with Crippen molar-refractivity contribution in [1.29, 1.82) is 0 Å². The Balaban J connectivity index is 1.84. The van der Waals surface area contributed by atoms with Crippen LogP contribution in [0.25, 0.3) is 0 Å². The normalized spacial score (nSPS) is 37.1. The van der Waals surface area contributed by atoms with Crippen LogP contribution in [0, 0.1) is 0 Å². The minimum atomic E-state index is -0.117. The second-order valence-electron chi connectivity index (χ2n) is 4.24. The molecule has 2 heterocycles. The maximum atomic E-state index is 11.6. The molecule has 2 saturated heterocycles. The lowest BCUT2D eigenvalue weighted by Gasteiger charge is -2.21. The van der Waals surface area contributed by atoms with E-state index >= 15 is 0 Å². The lowest BCUT2D eigenvalue weighted by atomic mass is 9.95. The number of carbonyl (C=O) groups is 1. The summed E-state index contributed by atoms with van der Waals surface area (Å²) in [7, 11) is 1.79. The van der Waals surface area contributed by atoms with Crippen LogP contribution in [-0.4, -0.2) is 37.2 Å². The molecular weight excluding hydrogens is 180 g/mol. The highest BCUT2D eigenvalue weighted by molar-refractivity contribution is 5.81. The SMILES string of the molecule is CNC(C)C(=O)NC1CC2CCC1O2. The second kappa shape index (κ2) is 3.87. The van der Waals surface area contributed by atoms with E-state index in [-0.39, 0.29) is 24.1 Å². The molecule has 2 N–H and O–H groups in total. The van der Waals surface area contributed by atoms with Crippen LogP contribution in [0.15, 0.2) is 0 Å². The van der Waals surface area contributed by atoms with Gasteiger partial charge in [0, 0.05) is 0 Å². The molecule has 14 heavy (non-hydrogen) atoms. The van der Waals surface area contributed by atoms with Crippen molar-refractivity contribution >= 4 is 5.91 Å². The largest absolute Gasteiger partial charge is 0.373 e. The lowest BCUT2D eigenvalue weighted by molar-refractivity contribution is -0.123. The lowest BCUT2D eigenvalue weighted by Crippen LogP contribution is -2.48. The number of nitrogens with one attached hydrogen (secondary N) is 2. The van der Waals surface area contributed by atoms with E-state index in [1.807, 2.05) is 6.92 Å². The van der Waals surface area contributed by atoms with E-state index in [0.29, 0.717) is 6.10 Å². The Hall–Kier alpha value is -0.610. The average molecular weight is 198 g/mol. The average Bonchev–Trinajstić information content (AvgIpc) is 2.77. The van der Waals surface area contributed by atoms with E-state index in [1.165, 1.54) is 6.42 Å². The molecule has 2 bridgehead atoms. The summed E-state index contributed by atoms with van der Waals surface area (Å²) in [6, 6.07) is 0.131. The molecule has 4 nitrogen and oxygen atoms in total. The van der Waals surface area contributed by atoms with Crippen LogP contribution < -0.4 is 10.6 Å². The predicted octanol–water partition coefficient (Wildman–Crippen LogP) is 0.0304. The topological polar surface area (TPSA) is 50.4 Å². The highest BCUT2D eigenvalue weighted by atomic mass is 16.5. The molecule has 0 aliphatic carbocycles. The van der Waals surface area contributed by atoms with Crippen molar-refractivity contribution in [1.82, 2.24) is 10.6 Å². The summed E-state index contributed by atoms with van der Waals surface area (Å²) in [6.45, 7) is 1.86. The van der Waals surface area contributed by atoms with Crippen LogP contribution in [-0.2, 0) is 9.53 Å². The predicted molar refractivity (Wildman–Crippen MR) is 53.0 cm³/mol. The summed E-state index contributed by atoms with van der Waals surface area (Å²) in [5.41, 5.74) is 0. The van der Waals surface area contributed by atoms with Gasteiger partial charge in [-0.2, -0.15) is 0 Å². The molecule has 0 spiro atoms. The molecule has 2 fully saturated rings. The molecule has 2 rings (SSSR count). The maximum absolute atomic E-state index is 11.6. The van der Waals surface area contributed by atoms with Crippen molar-refractivity contribution in [3.05, 3.63) is 0 Å². The third kappa shape index (κ3) is 1.77. The second-order valence-corrected chi connectivity index (χ2v) is 4.24. The van der Waals surface area contributed by atoms with Gasteiger partial charge in [0.25, 0.3) is 0 Å². The van der Waals surface area contributed by atoms with Gasteiger partial charge in [0.05, 0.1) is 24.3 Å². The molecular formula is C10H18N2O2. The van der Waals surface area contributed by atoms with Gasteiger partial charge in [0.1, 0.15) is 0 Å². The number of fused-ring (bicyclic) bond motifs is 2. The minimum absolute atomic E-state index is 0.0775. The van der Waals surface area contributed by atoms with Gasteiger partial charge in [-0.15, -0.1) is 0 Å². The third-order valence-corrected chi connectivity index (χ3v) is 3.26. The number of carbonyl (C=O) groups excluding carboxylic acids is 1. The number of amides is 1. The standard InChI is InChI=1S/C10H18N2O2/c1-6(11-2)10(13)12-8-5-7-3-4-9(8)14-7/h6-9,11H,3-5H2,1-2H3,(H,12,13). The molecule has 4 atom stereocenters. The Labute approximate surface area is 84.4 Å². The quantitative estimate of drug-likeness (QED) is 0.672. The van der Waals surface area contributed by atoms with Gasteiger partial charge < -0.3 is 15.4 Å². The van der Waals surface area contributed by atoms with Crippen molar-refractivity contribution in [2.45, 2.75) is 50.5 Å². The number of ether oxygens (including phenoxy) is 1. The Morgan fingerprint density at radius 3 is 2.79 bits per heavy atom. The summed E-state index contributed by atoms with van der Waals surface area (Å²) in [4.78, 5) is 11.6. The molecule has 0 saturated carbocycles. The highest BCUT2D eigenvalue weighted by Gasteiger charge is 2.41. The fourth-order valence-electron chi connectivity index (χ4n) is 2.23. The van der Waals surface area contributed by atoms with E-state index < -0.39 is 0 Å². The first-order valence-corrected chi connectivity index (χ1v) is 5.34. The Kier molecular flexibility index (Phi) is 2.74. The van der Waals surface area contributed by atoms with Gasteiger partial charge in [-0.3, -0.25) is 4.79 Å². The van der Waals surface area contributed by atoms with E-state index in [4.69, 9.17) is 4.74 Å². The van der Waals surface area contributed by atoms with Gasteiger partial charge in [0.2, 0.25) is 5.91 Å². The van der Waals surface area contributed by atoms with Crippen LogP contribution in [0.2, 0.25) is 0 Å². The molecule has 0 aromatic rings. The first-order valence-electron chi connectivity index (χ1n) is 5.34. The Morgan fingerprint density at radius 2 is 2.29 bits per heavy atom. The monoisotopic (exact) mass is 198 g/mol. The summed E-state index contributed by atoms with van der Waals surface area (Å²) in [5, 5.41) is 5.96. The van der Waals surface area contributed by atoms with Gasteiger partial charge in [-0.1, -0.05) is 0 Å². The number of hydrogen-bond donors (Lipinski definition) is 2. The first kappa shape index (κ1) is 9.93. The zero-order valence-corrected chi connectivity index (χ0v) is 8.75. The van der Waals surface area contributed by atoms with Crippen molar-refractivity contribution in [2.24, 2.45) is 0 Å². The summed E-state index contributed by atoms with van der Waals surface area (Å²) in [6.07, 6.45) is 3.93. The smallest absolute Gasteiger partial charge is 0.237 e. The van der Waals surface area contributed by atoms with Gasteiger partial charge in [-0.25, -0.2) is 0 Å². The zero-order chi connectivity index (χ0) is 10.1. The molecule has 0 aromatic carbocycles. The molecule has 1 amide bonds. The molecule has 80 valence electrons. The molecule has 4 heteroatoms. The minimum Gasteiger partial charge on any atom is -0.373 e. The van der Waals surface area contributed by atoms with Crippen LogP contribution >= 0.6 is 0 Å². The third-order valence-electron chi connectivity index (χ3n) is 3.26. The molecule has 0 aromatic heterocycles. The Bertz CT molecular complexity index is 232. The molecule has 4 unspecified atom stereocenters. The fraction of sp³-hybridized carbons (Fsp3) is 0.900. The van der Waals surface area contributed by atoms with Crippen molar-refractivity contribution in [2.75, 3.05) is 7.05 Å². The summed E-state index contributed by atoms with van der Waals surface area (Å²) >= 11 is 0. The van der Waals surface area contributed by atoms with Gasteiger partial charge >= 0.3 is 0 Å². The molecule has 2 aliphatic rings. The van der Waals surface area contributed by atoms with Crippen LogP contribution in [0.4, 0.5) is 0 Å². The fourth-order valence-corrected chi connectivity index (χ4v) is 2.23. The van der Waals surface area contributed by atoms with Crippen molar-refractivity contribution in [3.8, 4) is 0 Å². The zero-order valence-electron chi connectivity index (χ0n) is 8.75. The number of rotatable bonds is 3. The molecule has 2 aliphatic heterocycles. The number of likely N-dealkylation sites (N-methyl/N-ethyl adjacent to an activating group) is 1. The van der Waals surface area contributed by atoms with Gasteiger partial charge in [-0.05, 0) is 33.2 Å². The summed E-state index contributed by atoms with van der Waals surface area (Å²) < 4.78 is 5.66. The van der Waals surface area contributed by atoms with E-state index in [1.54, 1.807) is 7.05 Å². The van der Waals surface area contributed by atoms with Crippen LogP contribution in [0.3, 0.4) is 0 Å². The van der Waals surface area contributed by atoms with Crippen LogP contribution in [0.5, 0.6) is 0 Å². The maximum Gasteiger partial charge on any atom is 0.237 e. The van der Waals surface area contributed by atoms with Gasteiger partial charge in [0.15, 0.2) is 0 Å².